The van der Waals surface area contributed by atoms with Gasteiger partial charge in [-0.15, -0.1) is 0 Å². The van der Waals surface area contributed by atoms with Crippen molar-refractivity contribution in [1.82, 2.24) is 9.78 Å². The van der Waals surface area contributed by atoms with E-state index in [1.165, 1.54) is 4.68 Å². The van der Waals surface area contributed by atoms with Gasteiger partial charge in [-0.3, -0.25) is 4.68 Å². The first-order valence-corrected chi connectivity index (χ1v) is 5.07. The molecule has 0 aromatic carbocycles. The van der Waals surface area contributed by atoms with E-state index in [2.05, 4.69) is 21.0 Å². The van der Waals surface area contributed by atoms with Crippen LogP contribution in [0.2, 0.25) is 0 Å². The Labute approximate surface area is 138 Å². The molecule has 0 saturated carbocycles. The molecule has 0 fully saturated rings. The molecule has 0 N–H and O–H groups in total. The summed E-state index contributed by atoms with van der Waals surface area (Å²) >= 11 is 3.12. The Balaban J connectivity index is 0.00000196. The Morgan fingerprint density at radius 3 is 2.33 bits per heavy atom. The van der Waals surface area contributed by atoms with E-state index in [-0.39, 0.29) is 57.1 Å². The van der Waals surface area contributed by atoms with Gasteiger partial charge in [-0.25, -0.2) is 0 Å². The van der Waals surface area contributed by atoms with Gasteiger partial charge in [-0.1, -0.05) is 0 Å². The van der Waals surface area contributed by atoms with Crippen LogP contribution in [0.3, 0.4) is 0 Å². The fourth-order valence-corrected chi connectivity index (χ4v) is 1.73. The van der Waals surface area contributed by atoms with Crippen LogP contribution in [0.1, 0.15) is 18.3 Å². The molecule has 0 aliphatic rings. The van der Waals surface area contributed by atoms with Gasteiger partial charge in [0.2, 0.25) is 0 Å². The SMILES string of the molecule is CCn1nc(C)c(Br)c1C[B-](F)(F)F.[K+]. The zero-order chi connectivity index (χ0) is 10.9. The monoisotopic (exact) mass is 308 g/mol. The van der Waals surface area contributed by atoms with Crippen LogP contribution in [0, 0.1) is 6.92 Å². The second-order valence-corrected chi connectivity index (χ2v) is 3.87. The van der Waals surface area contributed by atoms with Crippen molar-refractivity contribution in [1.29, 1.82) is 0 Å². The summed E-state index contributed by atoms with van der Waals surface area (Å²) in [5.41, 5.74) is 0.819. The van der Waals surface area contributed by atoms with Gasteiger partial charge in [-0.05, 0) is 36.1 Å². The number of hydrogen-bond acceptors (Lipinski definition) is 1. The topological polar surface area (TPSA) is 17.8 Å². The summed E-state index contributed by atoms with van der Waals surface area (Å²) in [4.78, 5) is 0. The third-order valence-electron chi connectivity index (χ3n) is 1.88. The van der Waals surface area contributed by atoms with Crippen LogP contribution < -0.4 is 51.4 Å². The Kier molecular flexibility index (Phi) is 6.69. The molecule has 8 heteroatoms. The van der Waals surface area contributed by atoms with Gasteiger partial charge in [0.05, 0.1) is 10.2 Å². The molecular formula is C7H10BBrF3KN2. The number of aromatic nitrogens is 2. The van der Waals surface area contributed by atoms with Crippen LogP contribution in [-0.4, -0.2) is 16.8 Å². The van der Waals surface area contributed by atoms with Crippen molar-refractivity contribution in [2.75, 3.05) is 0 Å². The van der Waals surface area contributed by atoms with Gasteiger partial charge in [0.15, 0.2) is 0 Å². The largest absolute Gasteiger partial charge is 1.00 e. The van der Waals surface area contributed by atoms with E-state index in [4.69, 9.17) is 0 Å². The van der Waals surface area contributed by atoms with Gasteiger partial charge in [-0.2, -0.15) is 5.10 Å². The third kappa shape index (κ3) is 4.51. The molecular weight excluding hydrogens is 299 g/mol. The Bertz CT molecular complexity index is 340. The summed E-state index contributed by atoms with van der Waals surface area (Å²) < 4.78 is 38.6. The summed E-state index contributed by atoms with van der Waals surface area (Å²) in [6.07, 6.45) is -0.880. The van der Waals surface area contributed by atoms with Gasteiger partial charge in [0.1, 0.15) is 0 Å². The summed E-state index contributed by atoms with van der Waals surface area (Å²) in [5.74, 6) is 0. The maximum absolute atomic E-state index is 12.2. The van der Waals surface area contributed by atoms with E-state index >= 15 is 0 Å². The quantitative estimate of drug-likeness (QED) is 0.714. The molecule has 2 nitrogen and oxygen atoms in total. The summed E-state index contributed by atoms with van der Waals surface area (Å²) in [5, 5.41) is 3.99. The molecule has 1 aromatic heterocycles. The molecule has 0 aliphatic carbocycles. The molecule has 15 heavy (non-hydrogen) atoms. The van der Waals surface area contributed by atoms with Crippen LogP contribution in [0.15, 0.2) is 4.47 Å². The second kappa shape index (κ2) is 6.21. The maximum Gasteiger partial charge on any atom is 1.00 e. The molecule has 0 aliphatic heterocycles. The number of hydrogen-bond donors (Lipinski definition) is 0. The summed E-state index contributed by atoms with van der Waals surface area (Å²) in [6.45, 7) is -0.900. The Hall–Kier alpha value is 1.18. The molecule has 1 rings (SSSR count). The van der Waals surface area contributed by atoms with Crippen LogP contribution in [0.5, 0.6) is 0 Å². The molecule has 0 radical (unpaired) electrons. The van der Waals surface area contributed by atoms with Crippen molar-refractivity contribution < 1.29 is 64.3 Å². The van der Waals surface area contributed by atoms with Crippen molar-refractivity contribution in [2.24, 2.45) is 0 Å². The van der Waals surface area contributed by atoms with Crippen molar-refractivity contribution in [3.63, 3.8) is 0 Å². The first-order valence-electron chi connectivity index (χ1n) is 4.28. The smallest absolute Gasteiger partial charge is 0.449 e. The first-order chi connectivity index (χ1) is 6.35. The third-order valence-corrected chi connectivity index (χ3v) is 2.91. The predicted octanol–water partition coefficient (Wildman–Crippen LogP) is -0.0930. The van der Waals surface area contributed by atoms with E-state index in [1.54, 1.807) is 13.8 Å². The van der Waals surface area contributed by atoms with Crippen molar-refractivity contribution in [2.45, 2.75) is 26.7 Å². The van der Waals surface area contributed by atoms with Crippen molar-refractivity contribution in [3.8, 4) is 0 Å². The predicted molar refractivity (Wildman–Crippen MR) is 53.1 cm³/mol. The molecule has 0 saturated heterocycles. The van der Waals surface area contributed by atoms with E-state index in [0.29, 0.717) is 16.7 Å². The average molecular weight is 309 g/mol. The van der Waals surface area contributed by atoms with E-state index in [0.717, 1.165) is 0 Å². The van der Waals surface area contributed by atoms with E-state index in [9.17, 15) is 12.9 Å². The van der Waals surface area contributed by atoms with Crippen LogP contribution in [0.4, 0.5) is 12.9 Å². The van der Waals surface area contributed by atoms with Crippen LogP contribution >= 0.6 is 15.9 Å². The summed E-state index contributed by atoms with van der Waals surface area (Å²) in [7, 11) is 0. The molecule has 0 atom stereocenters. The van der Waals surface area contributed by atoms with Gasteiger partial charge >= 0.3 is 58.4 Å². The fourth-order valence-electron chi connectivity index (χ4n) is 1.28. The molecule has 0 unspecified atom stereocenters. The molecule has 0 spiro atoms. The molecule has 80 valence electrons. The van der Waals surface area contributed by atoms with Crippen molar-refractivity contribution in [3.05, 3.63) is 15.9 Å². The first kappa shape index (κ1) is 16.2. The standard InChI is InChI=1S/C7H10BBrF3N2.K/c1-3-14-6(4-8(10,11)12)7(9)5(2)13-14;/h3-4H2,1-2H3;/q-1;+1. The molecule has 1 heterocycles. The zero-order valence-electron chi connectivity index (χ0n) is 8.90. The zero-order valence-corrected chi connectivity index (χ0v) is 13.6. The van der Waals surface area contributed by atoms with Crippen LogP contribution in [-0.2, 0) is 12.9 Å². The number of nitrogens with zero attached hydrogens (tertiary/aromatic N) is 2. The van der Waals surface area contributed by atoms with E-state index < -0.39 is 13.3 Å². The van der Waals surface area contributed by atoms with E-state index in [1.807, 2.05) is 0 Å². The minimum Gasteiger partial charge on any atom is -0.449 e. The second-order valence-electron chi connectivity index (χ2n) is 3.08. The van der Waals surface area contributed by atoms with Gasteiger partial charge < -0.3 is 12.9 Å². The normalized spacial score (nSPS) is 11.3. The number of rotatable bonds is 3. The summed E-state index contributed by atoms with van der Waals surface area (Å²) in [6, 6.07) is 0. The average Bonchev–Trinajstić information content (AvgIpc) is 2.30. The van der Waals surface area contributed by atoms with Gasteiger partial charge in [0.25, 0.3) is 0 Å². The Morgan fingerprint density at radius 1 is 1.40 bits per heavy atom. The Morgan fingerprint density at radius 2 is 1.93 bits per heavy atom. The molecule has 0 amide bonds. The maximum atomic E-state index is 12.2. The molecule has 1 aromatic rings. The number of aryl methyl sites for hydroxylation is 2. The van der Waals surface area contributed by atoms with Gasteiger partial charge in [0, 0.05) is 12.2 Å². The fraction of sp³-hybridized carbons (Fsp3) is 0.571. The molecule has 0 bridgehead atoms. The van der Waals surface area contributed by atoms with Crippen molar-refractivity contribution >= 4 is 22.9 Å². The number of halogens is 4. The minimum atomic E-state index is -4.81. The minimum absolute atomic E-state index is 0. The van der Waals surface area contributed by atoms with Crippen LogP contribution in [0.25, 0.3) is 0 Å².